The van der Waals surface area contributed by atoms with Crippen LogP contribution in [0.25, 0.3) is 0 Å². The van der Waals surface area contributed by atoms with Crippen molar-refractivity contribution in [3.8, 4) is 11.5 Å². The normalized spacial score (nSPS) is 12.8. The summed E-state index contributed by atoms with van der Waals surface area (Å²) in [6, 6.07) is 5.16. The molecule has 104 valence electrons. The van der Waals surface area contributed by atoms with Gasteiger partial charge in [-0.25, -0.2) is 0 Å². The van der Waals surface area contributed by atoms with Crippen LogP contribution in [0.15, 0.2) is 18.2 Å². The molecule has 0 aliphatic carbocycles. The summed E-state index contributed by atoms with van der Waals surface area (Å²) < 4.78 is 12.1. The first kappa shape index (κ1) is 13.0. The van der Waals surface area contributed by atoms with E-state index in [0.717, 1.165) is 11.4 Å². The molecular weight excluding hydrogens is 280 g/mol. The molecule has 1 aliphatic heterocycles. The van der Waals surface area contributed by atoms with Gasteiger partial charge < -0.3 is 9.47 Å². The van der Waals surface area contributed by atoms with Crippen molar-refractivity contribution >= 4 is 17.4 Å². The van der Waals surface area contributed by atoms with E-state index in [1.807, 2.05) is 13.8 Å². The average molecular weight is 293 g/mol. The van der Waals surface area contributed by atoms with Gasteiger partial charge in [-0.15, -0.1) is 0 Å². The summed E-state index contributed by atoms with van der Waals surface area (Å²) in [5.74, 6) is 1.21. The number of ketones is 1. The summed E-state index contributed by atoms with van der Waals surface area (Å²) in [4.78, 5) is 12.3. The number of benzene rings is 1. The van der Waals surface area contributed by atoms with Gasteiger partial charge in [0.05, 0.1) is 16.4 Å². The second-order valence-electron chi connectivity index (χ2n) is 4.63. The van der Waals surface area contributed by atoms with Crippen molar-refractivity contribution in [1.82, 2.24) is 9.78 Å². The highest BCUT2D eigenvalue weighted by Gasteiger charge is 2.18. The summed E-state index contributed by atoms with van der Waals surface area (Å²) in [5, 5.41) is 4.86. The summed E-state index contributed by atoms with van der Waals surface area (Å²) >= 11 is 6.07. The minimum Gasteiger partial charge on any atom is -0.454 e. The lowest BCUT2D eigenvalue weighted by atomic mass is 10.1. The summed E-state index contributed by atoms with van der Waals surface area (Å²) in [7, 11) is 0. The SMILES string of the molecule is Cc1nn(CC(=O)c2ccc3c(c2)OCO3)c(C)c1Cl. The van der Waals surface area contributed by atoms with Crippen LogP contribution in [0.2, 0.25) is 5.02 Å². The number of aromatic nitrogens is 2. The lowest BCUT2D eigenvalue weighted by molar-refractivity contribution is 0.0966. The molecule has 0 radical (unpaired) electrons. The number of carbonyl (C=O) groups is 1. The second-order valence-corrected chi connectivity index (χ2v) is 5.01. The Hall–Kier alpha value is -2.01. The van der Waals surface area contributed by atoms with Crippen molar-refractivity contribution < 1.29 is 14.3 Å². The molecule has 1 aromatic carbocycles. The van der Waals surface area contributed by atoms with Crippen molar-refractivity contribution in [2.45, 2.75) is 20.4 Å². The number of nitrogens with zero attached hydrogens (tertiary/aromatic N) is 2. The topological polar surface area (TPSA) is 53.4 Å². The standard InChI is InChI=1S/C14H13ClN2O3/c1-8-14(15)9(2)17(16-8)6-11(18)10-3-4-12-13(5-10)20-7-19-12/h3-5H,6-7H2,1-2H3. The molecule has 6 heteroatoms. The third-order valence-electron chi connectivity index (χ3n) is 3.28. The number of hydrogen-bond acceptors (Lipinski definition) is 4. The summed E-state index contributed by atoms with van der Waals surface area (Å²) in [6.45, 7) is 4.01. The molecule has 2 aromatic rings. The maximum Gasteiger partial charge on any atom is 0.231 e. The Bertz CT molecular complexity index is 694. The van der Waals surface area contributed by atoms with Gasteiger partial charge in [0, 0.05) is 5.56 Å². The van der Waals surface area contributed by atoms with Crippen LogP contribution in [0, 0.1) is 13.8 Å². The fourth-order valence-corrected chi connectivity index (χ4v) is 2.26. The quantitative estimate of drug-likeness (QED) is 0.816. The zero-order valence-corrected chi connectivity index (χ0v) is 11.9. The van der Waals surface area contributed by atoms with Gasteiger partial charge in [0.2, 0.25) is 6.79 Å². The van der Waals surface area contributed by atoms with E-state index < -0.39 is 0 Å². The molecule has 0 bridgehead atoms. The summed E-state index contributed by atoms with van der Waals surface area (Å²) in [6.07, 6.45) is 0. The highest BCUT2D eigenvalue weighted by Crippen LogP contribution is 2.32. The molecule has 0 saturated carbocycles. The minimum atomic E-state index is -0.0504. The fourth-order valence-electron chi connectivity index (χ4n) is 2.13. The van der Waals surface area contributed by atoms with Gasteiger partial charge in [-0.2, -0.15) is 5.10 Å². The lowest BCUT2D eigenvalue weighted by Gasteiger charge is -2.05. The molecule has 1 aliphatic rings. The molecule has 0 atom stereocenters. The smallest absolute Gasteiger partial charge is 0.231 e. The van der Waals surface area contributed by atoms with Gasteiger partial charge in [-0.3, -0.25) is 9.48 Å². The Morgan fingerprint density at radius 1 is 1.35 bits per heavy atom. The van der Waals surface area contributed by atoms with E-state index in [2.05, 4.69) is 5.10 Å². The average Bonchev–Trinajstić information content (AvgIpc) is 2.99. The van der Waals surface area contributed by atoms with E-state index in [0.29, 0.717) is 22.1 Å². The molecule has 3 rings (SSSR count). The van der Waals surface area contributed by atoms with Gasteiger partial charge in [0.1, 0.15) is 6.54 Å². The first-order valence-corrected chi connectivity index (χ1v) is 6.56. The summed E-state index contributed by atoms with van der Waals surface area (Å²) in [5.41, 5.74) is 2.08. The number of Topliss-reactive ketones (excluding diaryl/α,β-unsaturated/α-hetero) is 1. The zero-order valence-electron chi connectivity index (χ0n) is 11.1. The van der Waals surface area contributed by atoms with Crippen molar-refractivity contribution in [3.05, 3.63) is 40.2 Å². The molecule has 1 aromatic heterocycles. The van der Waals surface area contributed by atoms with Gasteiger partial charge in [0.15, 0.2) is 17.3 Å². The van der Waals surface area contributed by atoms with E-state index in [9.17, 15) is 4.79 Å². The molecular formula is C14H13ClN2O3. The van der Waals surface area contributed by atoms with Crippen LogP contribution in [0.5, 0.6) is 11.5 Å². The number of aryl methyl sites for hydroxylation is 1. The van der Waals surface area contributed by atoms with Gasteiger partial charge in [-0.05, 0) is 32.0 Å². The first-order chi connectivity index (χ1) is 9.56. The molecule has 2 heterocycles. The van der Waals surface area contributed by atoms with Crippen LogP contribution in [0.3, 0.4) is 0 Å². The van der Waals surface area contributed by atoms with Gasteiger partial charge in [-0.1, -0.05) is 11.6 Å². The molecule has 5 nitrogen and oxygen atoms in total. The van der Waals surface area contributed by atoms with Gasteiger partial charge in [0.25, 0.3) is 0 Å². The number of halogens is 1. The number of fused-ring (bicyclic) bond motifs is 1. The molecule has 0 N–H and O–H groups in total. The highest BCUT2D eigenvalue weighted by molar-refractivity contribution is 6.31. The number of carbonyl (C=O) groups excluding carboxylic acids is 1. The predicted molar refractivity (Wildman–Crippen MR) is 73.6 cm³/mol. The van der Waals surface area contributed by atoms with Gasteiger partial charge >= 0.3 is 0 Å². The molecule has 0 fully saturated rings. The molecule has 0 saturated heterocycles. The Morgan fingerprint density at radius 3 is 2.80 bits per heavy atom. The fraction of sp³-hybridized carbons (Fsp3) is 0.286. The van der Waals surface area contributed by atoms with E-state index in [1.165, 1.54) is 0 Å². The number of ether oxygens (including phenoxy) is 2. The Labute approximate surface area is 121 Å². The molecule has 0 amide bonds. The van der Waals surface area contributed by atoms with Crippen LogP contribution >= 0.6 is 11.6 Å². The largest absolute Gasteiger partial charge is 0.454 e. The third-order valence-corrected chi connectivity index (χ3v) is 3.83. The van der Waals surface area contributed by atoms with Crippen molar-refractivity contribution in [2.75, 3.05) is 6.79 Å². The second kappa shape index (κ2) is 4.83. The first-order valence-electron chi connectivity index (χ1n) is 6.18. The van der Waals surface area contributed by atoms with E-state index in [-0.39, 0.29) is 19.1 Å². The monoisotopic (exact) mass is 292 g/mol. The van der Waals surface area contributed by atoms with Crippen LogP contribution in [-0.2, 0) is 6.54 Å². The molecule has 0 unspecified atom stereocenters. The minimum absolute atomic E-state index is 0.0504. The predicted octanol–water partition coefficient (Wildman–Crippen LogP) is 2.76. The Kier molecular flexibility index (Phi) is 3.14. The van der Waals surface area contributed by atoms with Crippen LogP contribution in [0.1, 0.15) is 21.7 Å². The van der Waals surface area contributed by atoms with Crippen molar-refractivity contribution in [1.29, 1.82) is 0 Å². The maximum absolute atomic E-state index is 12.3. The Morgan fingerprint density at radius 2 is 2.10 bits per heavy atom. The van der Waals surface area contributed by atoms with Crippen LogP contribution < -0.4 is 9.47 Å². The Balaban J connectivity index is 1.84. The lowest BCUT2D eigenvalue weighted by Crippen LogP contribution is -2.13. The third kappa shape index (κ3) is 2.14. The zero-order chi connectivity index (χ0) is 14.3. The van der Waals surface area contributed by atoms with Crippen LogP contribution in [-0.4, -0.2) is 22.4 Å². The van der Waals surface area contributed by atoms with E-state index in [4.69, 9.17) is 21.1 Å². The molecule has 0 spiro atoms. The number of rotatable bonds is 3. The van der Waals surface area contributed by atoms with Crippen molar-refractivity contribution in [3.63, 3.8) is 0 Å². The van der Waals surface area contributed by atoms with Crippen molar-refractivity contribution in [2.24, 2.45) is 0 Å². The maximum atomic E-state index is 12.3. The van der Waals surface area contributed by atoms with Crippen LogP contribution in [0.4, 0.5) is 0 Å². The van der Waals surface area contributed by atoms with E-state index in [1.54, 1.807) is 22.9 Å². The molecule has 20 heavy (non-hydrogen) atoms. The number of hydrogen-bond donors (Lipinski definition) is 0. The highest BCUT2D eigenvalue weighted by atomic mass is 35.5. The van der Waals surface area contributed by atoms with E-state index >= 15 is 0 Å².